The van der Waals surface area contributed by atoms with E-state index < -0.39 is 15.8 Å². The molecule has 0 unspecified atom stereocenters. The Morgan fingerprint density at radius 3 is 2.43 bits per heavy atom. The van der Waals surface area contributed by atoms with Gasteiger partial charge in [0.2, 0.25) is 15.9 Å². The summed E-state index contributed by atoms with van der Waals surface area (Å²) in [5.41, 5.74) is 0.401. The molecule has 1 saturated heterocycles. The molecule has 3 rings (SSSR count). The Hall–Kier alpha value is -1.71. The number of benzene rings is 2. The molecule has 1 heterocycles. The molecule has 0 radical (unpaired) electrons. The minimum atomic E-state index is -3.62. The van der Waals surface area contributed by atoms with Crippen molar-refractivity contribution in [3.05, 3.63) is 58.3 Å². The minimum Gasteiger partial charge on any atom is -0.325 e. The maximum absolute atomic E-state index is 13.2. The van der Waals surface area contributed by atoms with Crippen molar-refractivity contribution in [2.45, 2.75) is 4.90 Å². The van der Waals surface area contributed by atoms with E-state index in [1.807, 2.05) is 4.90 Å². The van der Waals surface area contributed by atoms with Crippen LogP contribution in [0.2, 0.25) is 10.0 Å². The van der Waals surface area contributed by atoms with E-state index in [4.69, 9.17) is 23.2 Å². The van der Waals surface area contributed by atoms with Gasteiger partial charge in [-0.3, -0.25) is 9.69 Å². The molecule has 2 aromatic rings. The molecule has 28 heavy (non-hydrogen) atoms. The van der Waals surface area contributed by atoms with Gasteiger partial charge in [0.05, 0.1) is 16.5 Å². The van der Waals surface area contributed by atoms with Crippen LogP contribution in [0, 0.1) is 5.82 Å². The first-order chi connectivity index (χ1) is 13.3. The van der Waals surface area contributed by atoms with Gasteiger partial charge in [-0.05, 0) is 36.4 Å². The predicted octanol–water partition coefficient (Wildman–Crippen LogP) is 3.08. The summed E-state index contributed by atoms with van der Waals surface area (Å²) in [6.07, 6.45) is 0. The fraction of sp³-hybridized carbons (Fsp3) is 0.278. The van der Waals surface area contributed by atoms with E-state index in [2.05, 4.69) is 5.32 Å². The molecule has 0 aliphatic carbocycles. The normalized spacial score (nSPS) is 16.1. The van der Waals surface area contributed by atoms with Crippen LogP contribution in [0.4, 0.5) is 10.1 Å². The smallest absolute Gasteiger partial charge is 0.243 e. The molecule has 6 nitrogen and oxygen atoms in total. The lowest BCUT2D eigenvalue weighted by atomic mass is 10.3. The zero-order chi connectivity index (χ0) is 20.3. The number of carbonyl (C=O) groups excluding carboxylic acids is 1. The summed E-state index contributed by atoms with van der Waals surface area (Å²) in [5, 5.41) is 2.94. The third kappa shape index (κ3) is 5.01. The van der Waals surface area contributed by atoms with Gasteiger partial charge in [0.25, 0.3) is 0 Å². The van der Waals surface area contributed by atoms with Gasteiger partial charge < -0.3 is 5.32 Å². The number of hydrogen-bond donors (Lipinski definition) is 1. The van der Waals surface area contributed by atoms with Crippen molar-refractivity contribution in [3.8, 4) is 0 Å². The summed E-state index contributed by atoms with van der Waals surface area (Å²) >= 11 is 11.6. The fourth-order valence-electron chi connectivity index (χ4n) is 2.88. The third-order valence-electron chi connectivity index (χ3n) is 4.34. The first-order valence-corrected chi connectivity index (χ1v) is 10.7. The summed E-state index contributed by atoms with van der Waals surface area (Å²) in [6, 6.07) is 10.1. The standard InChI is InChI=1S/C18H18Cl2FN3O3S/c19-13-2-1-3-15(10-13)28(26,27)24-8-6-23(7-9-24)12-18(25)22-14-4-5-17(21)16(20)11-14/h1-5,10-11H,6-9,12H2,(H,22,25). The van der Waals surface area contributed by atoms with Gasteiger partial charge in [0.15, 0.2) is 0 Å². The Balaban J connectivity index is 1.55. The van der Waals surface area contributed by atoms with Crippen LogP contribution >= 0.6 is 23.2 Å². The quantitative estimate of drug-likeness (QED) is 0.767. The molecule has 0 spiro atoms. The number of nitrogens with zero attached hydrogens (tertiary/aromatic N) is 2. The van der Waals surface area contributed by atoms with E-state index in [-0.39, 0.29) is 35.5 Å². The van der Waals surface area contributed by atoms with Crippen molar-refractivity contribution >= 4 is 44.8 Å². The molecule has 1 N–H and O–H groups in total. The number of carbonyl (C=O) groups is 1. The number of hydrogen-bond acceptors (Lipinski definition) is 4. The number of nitrogens with one attached hydrogen (secondary N) is 1. The van der Waals surface area contributed by atoms with Crippen LogP contribution in [-0.2, 0) is 14.8 Å². The van der Waals surface area contributed by atoms with Crippen molar-refractivity contribution in [1.82, 2.24) is 9.21 Å². The predicted molar refractivity (Wildman–Crippen MR) is 107 cm³/mol. The molecule has 1 fully saturated rings. The average molecular weight is 446 g/mol. The van der Waals surface area contributed by atoms with E-state index in [0.717, 1.165) is 0 Å². The molecule has 1 aliphatic rings. The second-order valence-electron chi connectivity index (χ2n) is 6.31. The number of halogens is 3. The summed E-state index contributed by atoms with van der Waals surface area (Å²) in [4.78, 5) is 14.2. The molecule has 10 heteroatoms. The van der Waals surface area contributed by atoms with E-state index in [1.165, 1.54) is 34.6 Å². The number of rotatable bonds is 5. The lowest BCUT2D eigenvalue weighted by molar-refractivity contribution is -0.117. The van der Waals surface area contributed by atoms with Gasteiger partial charge in [0, 0.05) is 36.9 Å². The molecule has 0 bridgehead atoms. The van der Waals surface area contributed by atoms with Gasteiger partial charge in [-0.25, -0.2) is 12.8 Å². The van der Waals surface area contributed by atoms with Gasteiger partial charge in [0.1, 0.15) is 5.82 Å². The molecule has 1 aliphatic heterocycles. The van der Waals surface area contributed by atoms with Gasteiger partial charge in [-0.15, -0.1) is 0 Å². The number of sulfonamides is 1. The second-order valence-corrected chi connectivity index (χ2v) is 9.10. The maximum atomic E-state index is 13.2. The van der Waals surface area contributed by atoms with Gasteiger partial charge in [-0.1, -0.05) is 29.3 Å². The summed E-state index contributed by atoms with van der Waals surface area (Å²) < 4.78 is 39.9. The number of amides is 1. The van der Waals surface area contributed by atoms with Gasteiger partial charge >= 0.3 is 0 Å². The van der Waals surface area contributed by atoms with E-state index in [9.17, 15) is 17.6 Å². The van der Waals surface area contributed by atoms with Crippen LogP contribution in [0.3, 0.4) is 0 Å². The van der Waals surface area contributed by atoms with E-state index >= 15 is 0 Å². The Bertz CT molecular complexity index is 980. The second kappa shape index (κ2) is 8.75. The first kappa shape index (κ1) is 21.0. The lowest BCUT2D eigenvalue weighted by Gasteiger charge is -2.33. The van der Waals surface area contributed by atoms with Crippen molar-refractivity contribution in [2.75, 3.05) is 38.0 Å². The molecule has 0 atom stereocenters. The van der Waals surface area contributed by atoms with Crippen molar-refractivity contribution in [3.63, 3.8) is 0 Å². The highest BCUT2D eigenvalue weighted by atomic mass is 35.5. The number of anilines is 1. The Morgan fingerprint density at radius 1 is 1.07 bits per heavy atom. The van der Waals surface area contributed by atoms with Crippen LogP contribution in [0.25, 0.3) is 0 Å². The minimum absolute atomic E-state index is 0.0716. The largest absolute Gasteiger partial charge is 0.325 e. The van der Waals surface area contributed by atoms with Crippen LogP contribution < -0.4 is 5.32 Å². The summed E-state index contributed by atoms with van der Waals surface area (Å²) in [6.45, 7) is 1.46. The van der Waals surface area contributed by atoms with Crippen molar-refractivity contribution < 1.29 is 17.6 Å². The number of piperazine rings is 1. The zero-order valence-corrected chi connectivity index (χ0v) is 17.1. The highest BCUT2D eigenvalue weighted by Gasteiger charge is 2.29. The van der Waals surface area contributed by atoms with Crippen LogP contribution in [0.15, 0.2) is 47.4 Å². The highest BCUT2D eigenvalue weighted by Crippen LogP contribution is 2.21. The van der Waals surface area contributed by atoms with Crippen LogP contribution in [0.5, 0.6) is 0 Å². The molecule has 0 aromatic heterocycles. The molecular formula is C18H18Cl2FN3O3S. The maximum Gasteiger partial charge on any atom is 0.243 e. The fourth-order valence-corrected chi connectivity index (χ4v) is 4.79. The topological polar surface area (TPSA) is 69.7 Å². The zero-order valence-electron chi connectivity index (χ0n) is 14.7. The van der Waals surface area contributed by atoms with Crippen molar-refractivity contribution in [2.24, 2.45) is 0 Å². The molecular weight excluding hydrogens is 428 g/mol. The lowest BCUT2D eigenvalue weighted by Crippen LogP contribution is -2.50. The molecule has 2 aromatic carbocycles. The van der Waals surface area contributed by atoms with Crippen molar-refractivity contribution in [1.29, 1.82) is 0 Å². The molecule has 0 saturated carbocycles. The van der Waals surface area contributed by atoms with Gasteiger partial charge in [-0.2, -0.15) is 4.31 Å². The highest BCUT2D eigenvalue weighted by molar-refractivity contribution is 7.89. The SMILES string of the molecule is O=C(CN1CCN(S(=O)(=O)c2cccc(Cl)c2)CC1)Nc1ccc(F)c(Cl)c1. The Morgan fingerprint density at radius 2 is 1.79 bits per heavy atom. The van der Waals surface area contributed by atoms with Crippen LogP contribution in [-0.4, -0.2) is 56.3 Å². The first-order valence-electron chi connectivity index (χ1n) is 8.49. The Labute approximate surface area is 172 Å². The Kier molecular flexibility index (Phi) is 6.57. The van der Waals surface area contributed by atoms with E-state index in [0.29, 0.717) is 23.8 Å². The summed E-state index contributed by atoms with van der Waals surface area (Å²) in [7, 11) is -3.62. The molecule has 150 valence electrons. The molecule has 1 amide bonds. The summed E-state index contributed by atoms with van der Waals surface area (Å²) in [5.74, 6) is -0.842. The van der Waals surface area contributed by atoms with E-state index in [1.54, 1.807) is 12.1 Å². The average Bonchev–Trinajstić information content (AvgIpc) is 2.65. The third-order valence-corrected chi connectivity index (χ3v) is 6.76. The van der Waals surface area contributed by atoms with Crippen LogP contribution in [0.1, 0.15) is 0 Å². The monoisotopic (exact) mass is 445 g/mol.